The SMILES string of the molecule is CCOC(=O)C(C#N)=Cc1ccc(OCc2ccccc2F)c(OC)c1. The van der Waals surface area contributed by atoms with Gasteiger partial charge in [-0.25, -0.2) is 9.18 Å². The lowest BCUT2D eigenvalue weighted by atomic mass is 10.1. The molecule has 0 saturated carbocycles. The Bertz CT molecular complexity index is 855. The van der Waals surface area contributed by atoms with Gasteiger partial charge in [0.15, 0.2) is 11.5 Å². The van der Waals surface area contributed by atoms with Crippen LogP contribution in [0.4, 0.5) is 4.39 Å². The van der Waals surface area contributed by atoms with E-state index in [1.807, 2.05) is 6.07 Å². The van der Waals surface area contributed by atoms with Crippen LogP contribution < -0.4 is 9.47 Å². The molecule has 0 atom stereocenters. The van der Waals surface area contributed by atoms with Crippen LogP contribution in [0.15, 0.2) is 48.0 Å². The summed E-state index contributed by atoms with van der Waals surface area (Å²) in [4.78, 5) is 11.7. The number of nitrogens with zero attached hydrogens (tertiary/aromatic N) is 1. The van der Waals surface area contributed by atoms with E-state index in [0.29, 0.717) is 22.6 Å². The van der Waals surface area contributed by atoms with Crippen molar-refractivity contribution in [2.24, 2.45) is 0 Å². The molecule has 0 aliphatic heterocycles. The smallest absolute Gasteiger partial charge is 0.348 e. The summed E-state index contributed by atoms with van der Waals surface area (Å²) >= 11 is 0. The van der Waals surface area contributed by atoms with E-state index in [-0.39, 0.29) is 24.6 Å². The third-order valence-corrected chi connectivity index (χ3v) is 3.46. The van der Waals surface area contributed by atoms with E-state index in [1.54, 1.807) is 43.3 Å². The van der Waals surface area contributed by atoms with Gasteiger partial charge in [0, 0.05) is 5.56 Å². The van der Waals surface area contributed by atoms with E-state index in [2.05, 4.69) is 0 Å². The van der Waals surface area contributed by atoms with Crippen molar-refractivity contribution in [2.45, 2.75) is 13.5 Å². The maximum Gasteiger partial charge on any atom is 0.348 e. The third kappa shape index (κ3) is 4.84. The lowest BCUT2D eigenvalue weighted by Gasteiger charge is -2.12. The number of carbonyl (C=O) groups excluding carboxylic acids is 1. The molecule has 2 rings (SSSR count). The Hall–Kier alpha value is -3.33. The van der Waals surface area contributed by atoms with Crippen LogP contribution in [0.25, 0.3) is 6.08 Å². The first-order valence-corrected chi connectivity index (χ1v) is 7.92. The van der Waals surface area contributed by atoms with E-state index in [1.165, 1.54) is 19.3 Å². The van der Waals surface area contributed by atoms with Gasteiger partial charge in [-0.05, 0) is 36.8 Å². The van der Waals surface area contributed by atoms with Gasteiger partial charge in [-0.15, -0.1) is 0 Å². The average molecular weight is 355 g/mol. The summed E-state index contributed by atoms with van der Waals surface area (Å²) in [5.74, 6) is -0.216. The van der Waals surface area contributed by atoms with E-state index < -0.39 is 5.97 Å². The Morgan fingerprint density at radius 1 is 1.23 bits per heavy atom. The van der Waals surface area contributed by atoms with Crippen molar-refractivity contribution < 1.29 is 23.4 Å². The van der Waals surface area contributed by atoms with Crippen LogP contribution >= 0.6 is 0 Å². The van der Waals surface area contributed by atoms with Gasteiger partial charge in [-0.1, -0.05) is 24.3 Å². The second-order valence-corrected chi connectivity index (χ2v) is 5.18. The van der Waals surface area contributed by atoms with Gasteiger partial charge in [0.05, 0.1) is 13.7 Å². The van der Waals surface area contributed by atoms with Gasteiger partial charge >= 0.3 is 5.97 Å². The topological polar surface area (TPSA) is 68.6 Å². The Labute approximate surface area is 151 Å². The molecular weight excluding hydrogens is 337 g/mol. The zero-order valence-electron chi connectivity index (χ0n) is 14.5. The largest absolute Gasteiger partial charge is 0.493 e. The molecule has 0 bridgehead atoms. The molecule has 2 aromatic carbocycles. The first-order chi connectivity index (χ1) is 12.6. The summed E-state index contributed by atoms with van der Waals surface area (Å²) in [5, 5.41) is 9.09. The molecule has 0 N–H and O–H groups in total. The molecule has 0 fully saturated rings. The van der Waals surface area contributed by atoms with Gasteiger partial charge < -0.3 is 14.2 Å². The minimum atomic E-state index is -0.686. The van der Waals surface area contributed by atoms with Gasteiger partial charge in [0.1, 0.15) is 24.1 Å². The van der Waals surface area contributed by atoms with Crippen molar-refractivity contribution in [1.29, 1.82) is 5.26 Å². The third-order valence-electron chi connectivity index (χ3n) is 3.46. The molecule has 0 unspecified atom stereocenters. The number of carbonyl (C=O) groups is 1. The lowest BCUT2D eigenvalue weighted by molar-refractivity contribution is -0.137. The fourth-order valence-electron chi connectivity index (χ4n) is 2.18. The minimum Gasteiger partial charge on any atom is -0.493 e. The number of halogens is 1. The minimum absolute atomic E-state index is 0.0461. The molecule has 2 aromatic rings. The maximum absolute atomic E-state index is 13.7. The van der Waals surface area contributed by atoms with Crippen LogP contribution in [0.5, 0.6) is 11.5 Å². The fourth-order valence-corrected chi connectivity index (χ4v) is 2.18. The number of ether oxygens (including phenoxy) is 3. The van der Waals surface area contributed by atoms with Crippen LogP contribution in [0.3, 0.4) is 0 Å². The van der Waals surface area contributed by atoms with Crippen molar-refractivity contribution in [2.75, 3.05) is 13.7 Å². The number of benzene rings is 2. The molecule has 5 nitrogen and oxygen atoms in total. The number of rotatable bonds is 7. The second kappa shape index (κ2) is 9.23. The Morgan fingerprint density at radius 3 is 2.65 bits per heavy atom. The van der Waals surface area contributed by atoms with Crippen LogP contribution in [0.2, 0.25) is 0 Å². The van der Waals surface area contributed by atoms with Crippen molar-refractivity contribution in [3.63, 3.8) is 0 Å². The van der Waals surface area contributed by atoms with Crippen molar-refractivity contribution in [1.82, 2.24) is 0 Å². The summed E-state index contributed by atoms with van der Waals surface area (Å²) in [6.07, 6.45) is 1.40. The molecular formula is C20H18FNO4. The first-order valence-electron chi connectivity index (χ1n) is 7.92. The second-order valence-electron chi connectivity index (χ2n) is 5.18. The molecule has 26 heavy (non-hydrogen) atoms. The highest BCUT2D eigenvalue weighted by Crippen LogP contribution is 2.30. The van der Waals surface area contributed by atoms with Crippen LogP contribution in [0, 0.1) is 17.1 Å². The number of nitriles is 1. The zero-order valence-corrected chi connectivity index (χ0v) is 14.5. The summed E-state index contributed by atoms with van der Waals surface area (Å²) in [5.41, 5.74) is 0.881. The van der Waals surface area contributed by atoms with E-state index in [4.69, 9.17) is 19.5 Å². The Morgan fingerprint density at radius 2 is 2.00 bits per heavy atom. The van der Waals surface area contributed by atoms with E-state index in [0.717, 1.165) is 0 Å². The molecule has 134 valence electrons. The fraction of sp³-hybridized carbons (Fsp3) is 0.200. The zero-order chi connectivity index (χ0) is 18.9. The summed E-state index contributed by atoms with van der Waals surface area (Å²) in [7, 11) is 1.47. The van der Waals surface area contributed by atoms with Crippen molar-refractivity contribution in [3.05, 3.63) is 65.0 Å². The van der Waals surface area contributed by atoms with Gasteiger partial charge in [0.25, 0.3) is 0 Å². The van der Waals surface area contributed by atoms with E-state index >= 15 is 0 Å². The first kappa shape index (κ1) is 19.0. The van der Waals surface area contributed by atoms with Crippen LogP contribution in [-0.2, 0) is 16.1 Å². The van der Waals surface area contributed by atoms with Gasteiger partial charge in [-0.2, -0.15) is 5.26 Å². The molecule has 0 aromatic heterocycles. The van der Waals surface area contributed by atoms with Crippen molar-refractivity contribution >= 4 is 12.0 Å². The highest BCUT2D eigenvalue weighted by Gasteiger charge is 2.12. The quantitative estimate of drug-likeness (QED) is 0.428. The summed E-state index contributed by atoms with van der Waals surface area (Å²) in [6, 6.07) is 13.1. The normalized spacial score (nSPS) is 10.8. The molecule has 0 aliphatic carbocycles. The average Bonchev–Trinajstić information content (AvgIpc) is 2.66. The van der Waals surface area contributed by atoms with Crippen molar-refractivity contribution in [3.8, 4) is 17.6 Å². The molecule has 0 radical (unpaired) electrons. The maximum atomic E-state index is 13.7. The monoisotopic (exact) mass is 355 g/mol. The molecule has 0 heterocycles. The van der Waals surface area contributed by atoms with Gasteiger partial charge in [0.2, 0.25) is 0 Å². The summed E-state index contributed by atoms with van der Waals surface area (Å²) < 4.78 is 29.4. The molecule has 0 aliphatic rings. The van der Waals surface area contributed by atoms with Gasteiger partial charge in [-0.3, -0.25) is 0 Å². The summed E-state index contributed by atoms with van der Waals surface area (Å²) in [6.45, 7) is 1.89. The van der Waals surface area contributed by atoms with Crippen LogP contribution in [-0.4, -0.2) is 19.7 Å². The molecule has 0 spiro atoms. The molecule has 6 heteroatoms. The Kier molecular flexibility index (Phi) is 6.75. The van der Waals surface area contributed by atoms with E-state index in [9.17, 15) is 9.18 Å². The number of hydrogen-bond acceptors (Lipinski definition) is 5. The number of methoxy groups -OCH3 is 1. The predicted molar refractivity (Wildman–Crippen MR) is 93.9 cm³/mol. The predicted octanol–water partition coefficient (Wildman–Crippen LogP) is 3.88. The number of esters is 1. The standard InChI is InChI=1S/C20H18FNO4/c1-3-25-20(23)16(12-22)10-14-8-9-18(19(11-14)24-2)26-13-15-6-4-5-7-17(15)21/h4-11H,3,13H2,1-2H3. The number of hydrogen-bond donors (Lipinski definition) is 0. The molecule has 0 saturated heterocycles. The Balaban J connectivity index is 2.20. The lowest BCUT2D eigenvalue weighted by Crippen LogP contribution is -2.06. The van der Waals surface area contributed by atoms with Crippen LogP contribution in [0.1, 0.15) is 18.1 Å². The highest BCUT2D eigenvalue weighted by molar-refractivity contribution is 5.97. The molecule has 0 amide bonds. The highest BCUT2D eigenvalue weighted by atomic mass is 19.1.